The summed E-state index contributed by atoms with van der Waals surface area (Å²) in [5.74, 6) is -0.537. The third kappa shape index (κ3) is 5.21. The fraction of sp³-hybridized carbons (Fsp3) is 0.556. The molecule has 5 nitrogen and oxygen atoms in total. The second-order valence-corrected chi connectivity index (χ2v) is 9.99. The Morgan fingerprint density at radius 2 is 1.78 bits per heavy atom. The van der Waals surface area contributed by atoms with Crippen molar-refractivity contribution in [3.8, 4) is 0 Å². The van der Waals surface area contributed by atoms with E-state index in [9.17, 15) is 9.90 Å². The third-order valence-electron chi connectivity index (χ3n) is 7.55. The van der Waals surface area contributed by atoms with Crippen LogP contribution in [0.25, 0.3) is 0 Å². The van der Waals surface area contributed by atoms with Crippen LogP contribution in [0.3, 0.4) is 0 Å². The van der Waals surface area contributed by atoms with E-state index in [1.807, 2.05) is 42.7 Å². The van der Waals surface area contributed by atoms with Crippen LogP contribution in [0.2, 0.25) is 0 Å². The molecular weight excluding hydrogens is 400 g/mol. The van der Waals surface area contributed by atoms with Crippen LogP contribution < -0.4 is 0 Å². The molecule has 1 aromatic carbocycles. The van der Waals surface area contributed by atoms with E-state index in [-0.39, 0.29) is 12.0 Å². The zero-order valence-corrected chi connectivity index (χ0v) is 19.3. The number of aromatic nitrogens is 1. The van der Waals surface area contributed by atoms with Gasteiger partial charge in [0.2, 0.25) is 0 Å². The smallest absolute Gasteiger partial charge is 0.343 e. The van der Waals surface area contributed by atoms with Gasteiger partial charge in [0.15, 0.2) is 11.7 Å². The van der Waals surface area contributed by atoms with Crippen molar-refractivity contribution >= 4 is 5.97 Å². The van der Waals surface area contributed by atoms with Crippen LogP contribution in [-0.2, 0) is 21.6 Å². The molecule has 3 unspecified atom stereocenters. The number of quaternary nitrogens is 1. The quantitative estimate of drug-likeness (QED) is 0.520. The minimum absolute atomic E-state index is 0.0812. The van der Waals surface area contributed by atoms with Crippen LogP contribution in [0.4, 0.5) is 0 Å². The maximum atomic E-state index is 13.5. The van der Waals surface area contributed by atoms with Gasteiger partial charge in [-0.1, -0.05) is 49.6 Å². The van der Waals surface area contributed by atoms with Crippen LogP contribution in [0, 0.1) is 5.92 Å². The highest BCUT2D eigenvalue weighted by molar-refractivity contribution is 5.81. The fourth-order valence-electron chi connectivity index (χ4n) is 5.60. The van der Waals surface area contributed by atoms with Crippen molar-refractivity contribution in [2.45, 2.75) is 63.1 Å². The first-order chi connectivity index (χ1) is 15.5. The molecule has 2 heterocycles. The average molecular weight is 438 g/mol. The number of carbonyl (C=O) groups is 1. The molecule has 2 fully saturated rings. The molecule has 2 aromatic rings. The molecule has 0 spiro atoms. The third-order valence-corrected chi connectivity index (χ3v) is 7.55. The molecule has 32 heavy (non-hydrogen) atoms. The summed E-state index contributed by atoms with van der Waals surface area (Å²) in [6.45, 7) is 2.89. The summed E-state index contributed by atoms with van der Waals surface area (Å²) < 4.78 is 6.98. The van der Waals surface area contributed by atoms with E-state index in [1.54, 1.807) is 0 Å². The molecule has 0 amide bonds. The summed E-state index contributed by atoms with van der Waals surface area (Å²) in [6, 6.07) is 13.6. The Balaban J connectivity index is 1.45. The number of likely N-dealkylation sites (N-methyl/N-ethyl adjacent to an activating group) is 1. The van der Waals surface area contributed by atoms with Crippen molar-refractivity contribution in [3.63, 3.8) is 0 Å². The highest BCUT2D eigenvalue weighted by atomic mass is 16.6. The molecule has 2 aliphatic rings. The van der Waals surface area contributed by atoms with Crippen LogP contribution in [0.1, 0.15) is 56.1 Å². The fourth-order valence-corrected chi connectivity index (χ4v) is 5.60. The molecule has 1 N–H and O–H groups in total. The summed E-state index contributed by atoms with van der Waals surface area (Å²) in [6.07, 6.45) is 11.4. The Labute approximate surface area is 192 Å². The SMILES string of the molecule is C[N+]1(CCc2ccncc2)CCCC(OC(=O)C(O)(c2ccccc2)C2CCCCC2)C1. The highest BCUT2D eigenvalue weighted by Crippen LogP contribution is 2.41. The second kappa shape index (κ2) is 10.1. The van der Waals surface area contributed by atoms with Gasteiger partial charge in [-0.3, -0.25) is 4.98 Å². The number of nitrogens with zero attached hydrogens (tertiary/aromatic N) is 2. The molecule has 0 radical (unpaired) electrons. The van der Waals surface area contributed by atoms with E-state index in [0.29, 0.717) is 5.56 Å². The maximum Gasteiger partial charge on any atom is 0.343 e. The first-order valence-electron chi connectivity index (χ1n) is 12.2. The predicted molar refractivity (Wildman–Crippen MR) is 125 cm³/mol. The number of piperidine rings is 1. The van der Waals surface area contributed by atoms with Gasteiger partial charge < -0.3 is 14.3 Å². The molecule has 172 valence electrons. The van der Waals surface area contributed by atoms with E-state index in [1.165, 1.54) is 12.0 Å². The van der Waals surface area contributed by atoms with Crippen molar-refractivity contribution in [2.24, 2.45) is 5.92 Å². The highest BCUT2D eigenvalue weighted by Gasteiger charge is 2.48. The van der Waals surface area contributed by atoms with Gasteiger partial charge in [0.05, 0.1) is 20.1 Å². The molecule has 1 aliphatic heterocycles. The Morgan fingerprint density at radius 1 is 1.06 bits per heavy atom. The summed E-state index contributed by atoms with van der Waals surface area (Å²) >= 11 is 0. The number of aliphatic hydroxyl groups is 1. The van der Waals surface area contributed by atoms with Gasteiger partial charge in [0.1, 0.15) is 6.54 Å². The lowest BCUT2D eigenvalue weighted by atomic mass is 9.73. The molecule has 4 rings (SSSR count). The van der Waals surface area contributed by atoms with E-state index in [4.69, 9.17) is 4.74 Å². The Morgan fingerprint density at radius 3 is 2.50 bits per heavy atom. The predicted octanol–water partition coefficient (Wildman–Crippen LogP) is 4.24. The Kier molecular flexibility index (Phi) is 7.27. The topological polar surface area (TPSA) is 59.4 Å². The van der Waals surface area contributed by atoms with Gasteiger partial charge >= 0.3 is 5.97 Å². The number of benzene rings is 1. The van der Waals surface area contributed by atoms with Crippen molar-refractivity contribution < 1.29 is 19.1 Å². The number of rotatable bonds is 7. The normalized spacial score (nSPS) is 26.2. The zero-order valence-electron chi connectivity index (χ0n) is 19.3. The lowest BCUT2D eigenvalue weighted by molar-refractivity contribution is -0.916. The van der Waals surface area contributed by atoms with Gasteiger partial charge in [0.25, 0.3) is 0 Å². The first kappa shape index (κ1) is 22.9. The largest absolute Gasteiger partial charge is 0.454 e. The average Bonchev–Trinajstić information content (AvgIpc) is 2.84. The van der Waals surface area contributed by atoms with Crippen LogP contribution in [0.15, 0.2) is 54.9 Å². The number of likely N-dealkylation sites (tertiary alicyclic amines) is 1. The van der Waals surface area contributed by atoms with E-state index < -0.39 is 11.6 Å². The minimum Gasteiger partial charge on any atom is -0.454 e. The molecule has 1 saturated heterocycles. The lowest BCUT2D eigenvalue weighted by Gasteiger charge is -2.42. The molecule has 3 atom stereocenters. The maximum absolute atomic E-state index is 13.5. The van der Waals surface area contributed by atoms with Gasteiger partial charge in [0, 0.05) is 31.2 Å². The molecule has 1 aromatic heterocycles. The first-order valence-corrected chi connectivity index (χ1v) is 12.2. The van der Waals surface area contributed by atoms with E-state index >= 15 is 0 Å². The number of pyridine rings is 1. The lowest BCUT2D eigenvalue weighted by Crippen LogP contribution is -2.56. The Bertz CT molecular complexity index is 869. The molecule has 5 heteroatoms. The zero-order chi connectivity index (χ0) is 22.4. The molecule has 1 aliphatic carbocycles. The summed E-state index contributed by atoms with van der Waals surface area (Å²) in [5, 5.41) is 11.8. The number of esters is 1. The van der Waals surface area contributed by atoms with Crippen LogP contribution in [0.5, 0.6) is 0 Å². The van der Waals surface area contributed by atoms with Gasteiger partial charge in [-0.15, -0.1) is 0 Å². The van der Waals surface area contributed by atoms with Crippen molar-refractivity contribution in [1.29, 1.82) is 0 Å². The van der Waals surface area contributed by atoms with E-state index in [2.05, 4.69) is 24.2 Å². The number of hydrogen-bond donors (Lipinski definition) is 1. The monoisotopic (exact) mass is 437 g/mol. The van der Waals surface area contributed by atoms with Crippen molar-refractivity contribution in [3.05, 3.63) is 66.0 Å². The standard InChI is InChI=1S/C27H37N2O3/c1-29(20-16-22-14-17-28-18-15-22)19-8-13-25(21-29)32-26(30)27(31,23-9-4-2-5-10-23)24-11-6-3-7-12-24/h2,4-5,9-10,14-15,17-18,24-25,31H,3,6-8,11-13,16,19-21H2,1H3/q+1. The van der Waals surface area contributed by atoms with Gasteiger partial charge in [-0.2, -0.15) is 0 Å². The summed E-state index contributed by atoms with van der Waals surface area (Å²) in [7, 11) is 2.26. The van der Waals surface area contributed by atoms with Gasteiger partial charge in [-0.25, -0.2) is 4.79 Å². The Hall–Kier alpha value is -2.24. The van der Waals surface area contributed by atoms with Crippen LogP contribution >= 0.6 is 0 Å². The van der Waals surface area contributed by atoms with Crippen molar-refractivity contribution in [2.75, 3.05) is 26.7 Å². The van der Waals surface area contributed by atoms with Crippen LogP contribution in [-0.4, -0.2) is 53.3 Å². The summed E-state index contributed by atoms with van der Waals surface area (Å²) in [4.78, 5) is 17.6. The summed E-state index contributed by atoms with van der Waals surface area (Å²) in [5.41, 5.74) is 0.399. The van der Waals surface area contributed by atoms with E-state index in [0.717, 1.165) is 69.1 Å². The number of ether oxygens (including phenoxy) is 1. The van der Waals surface area contributed by atoms with Crippen molar-refractivity contribution in [1.82, 2.24) is 4.98 Å². The molecule has 1 saturated carbocycles. The molecule has 0 bridgehead atoms. The molecular formula is C27H37N2O3+. The second-order valence-electron chi connectivity index (χ2n) is 9.99. The number of hydrogen-bond acceptors (Lipinski definition) is 4. The number of carbonyl (C=O) groups excluding carboxylic acids is 1. The minimum atomic E-state index is -1.56. The van der Waals surface area contributed by atoms with Gasteiger partial charge in [-0.05, 0) is 42.5 Å².